The van der Waals surface area contributed by atoms with Gasteiger partial charge in [-0.1, -0.05) is 23.2 Å². The maximum atomic E-state index is 12.3. The molecule has 0 amide bonds. The van der Waals surface area contributed by atoms with E-state index in [1.54, 1.807) is 18.2 Å². The van der Waals surface area contributed by atoms with Crippen LogP contribution in [-0.2, 0) is 0 Å². The smallest absolute Gasteiger partial charge is 0.406 e. The van der Waals surface area contributed by atoms with Gasteiger partial charge in [0.15, 0.2) is 5.84 Å². The van der Waals surface area contributed by atoms with Gasteiger partial charge in [0.1, 0.15) is 17.9 Å². The van der Waals surface area contributed by atoms with Crippen LogP contribution in [0.15, 0.2) is 64.2 Å². The van der Waals surface area contributed by atoms with Crippen molar-refractivity contribution in [3.05, 3.63) is 64.3 Å². The number of benzene rings is 2. The number of ether oxygens (including phenoxy) is 1. The summed E-state index contributed by atoms with van der Waals surface area (Å²) in [6.45, 7) is 0. The first-order chi connectivity index (χ1) is 13.7. The molecule has 2 aromatic carbocycles. The van der Waals surface area contributed by atoms with E-state index in [0.717, 1.165) is 12.1 Å². The van der Waals surface area contributed by atoms with E-state index in [0.29, 0.717) is 27.0 Å². The van der Waals surface area contributed by atoms with Crippen molar-refractivity contribution in [2.75, 3.05) is 10.6 Å². The number of rotatable bonds is 4. The molecule has 0 fully saturated rings. The molecule has 0 bridgehead atoms. The van der Waals surface area contributed by atoms with Gasteiger partial charge in [0.05, 0.1) is 16.3 Å². The largest absolute Gasteiger partial charge is 0.573 e. The zero-order valence-corrected chi connectivity index (χ0v) is 15.9. The summed E-state index contributed by atoms with van der Waals surface area (Å²) in [5.74, 6) is -0.151. The molecular formula is C18H12Cl2F3N5O. The lowest BCUT2D eigenvalue weighted by molar-refractivity contribution is -0.274. The third-order valence-electron chi connectivity index (χ3n) is 3.54. The standard InChI is InChI=1S/C18H12Cl2F3N5O/c19-10-1-6-15(14(20)7-10)25-8-13-16(24)26-9-27-17(13)28-11-2-4-12(5-3-11)29-18(21,22)23/h1-9,25H,(H2,24,26,27,28)/b13-8+. The van der Waals surface area contributed by atoms with Crippen LogP contribution in [0.1, 0.15) is 0 Å². The summed E-state index contributed by atoms with van der Waals surface area (Å²) in [6.07, 6.45) is -2.09. The second kappa shape index (κ2) is 8.54. The molecule has 150 valence electrons. The number of nitrogens with zero attached hydrogens (tertiary/aromatic N) is 2. The maximum Gasteiger partial charge on any atom is 0.573 e. The third-order valence-corrected chi connectivity index (χ3v) is 4.09. The Morgan fingerprint density at radius 2 is 1.79 bits per heavy atom. The predicted molar refractivity (Wildman–Crippen MR) is 109 cm³/mol. The molecule has 0 radical (unpaired) electrons. The fraction of sp³-hybridized carbons (Fsp3) is 0.0556. The van der Waals surface area contributed by atoms with Gasteiger partial charge in [-0.2, -0.15) is 0 Å². The van der Waals surface area contributed by atoms with Gasteiger partial charge in [-0.05, 0) is 42.5 Å². The lowest BCUT2D eigenvalue weighted by atomic mass is 10.2. The number of alkyl halides is 3. The Morgan fingerprint density at radius 1 is 1.07 bits per heavy atom. The van der Waals surface area contributed by atoms with Crippen molar-refractivity contribution in [2.24, 2.45) is 9.98 Å². The van der Waals surface area contributed by atoms with Crippen LogP contribution < -0.4 is 15.4 Å². The lowest BCUT2D eigenvalue weighted by Gasteiger charge is -2.16. The molecule has 11 heteroatoms. The summed E-state index contributed by atoms with van der Waals surface area (Å²) < 4.78 is 40.6. The van der Waals surface area contributed by atoms with Crippen molar-refractivity contribution in [1.82, 2.24) is 0 Å². The van der Waals surface area contributed by atoms with E-state index in [2.05, 4.69) is 25.4 Å². The number of hydrogen-bond donors (Lipinski definition) is 3. The minimum absolute atomic E-state index is 0.0721. The van der Waals surface area contributed by atoms with Gasteiger partial charge in [-0.15, -0.1) is 13.2 Å². The number of halogens is 5. The maximum absolute atomic E-state index is 12.3. The monoisotopic (exact) mass is 441 g/mol. The molecule has 1 aliphatic rings. The van der Waals surface area contributed by atoms with E-state index in [1.165, 1.54) is 24.7 Å². The topological polar surface area (TPSA) is 81.9 Å². The quantitative estimate of drug-likeness (QED) is 0.567. The normalized spacial score (nSPS) is 15.3. The molecular weight excluding hydrogens is 430 g/mol. The van der Waals surface area contributed by atoms with E-state index < -0.39 is 6.36 Å². The zero-order chi connectivity index (χ0) is 21.0. The predicted octanol–water partition coefficient (Wildman–Crippen LogP) is 5.72. The summed E-state index contributed by atoms with van der Waals surface area (Å²) in [5.41, 5.74) is 1.31. The molecule has 0 saturated heterocycles. The van der Waals surface area contributed by atoms with E-state index in [9.17, 15) is 13.2 Å². The molecule has 3 N–H and O–H groups in total. The van der Waals surface area contributed by atoms with Crippen LogP contribution in [0.25, 0.3) is 0 Å². The highest BCUT2D eigenvalue weighted by molar-refractivity contribution is 6.36. The van der Waals surface area contributed by atoms with Gasteiger partial charge in [-0.25, -0.2) is 9.98 Å². The molecule has 0 atom stereocenters. The molecule has 2 aromatic rings. The Bertz CT molecular complexity index is 1020. The van der Waals surface area contributed by atoms with E-state index in [4.69, 9.17) is 28.6 Å². The van der Waals surface area contributed by atoms with E-state index in [-0.39, 0.29) is 17.4 Å². The van der Waals surface area contributed by atoms with Gasteiger partial charge in [0.2, 0.25) is 0 Å². The summed E-state index contributed by atoms with van der Waals surface area (Å²) in [5, 5.41) is 14.7. The lowest BCUT2D eigenvalue weighted by Crippen LogP contribution is -2.23. The Kier molecular flexibility index (Phi) is 6.09. The molecule has 1 aliphatic heterocycles. The van der Waals surface area contributed by atoms with Gasteiger partial charge < -0.3 is 15.4 Å². The minimum Gasteiger partial charge on any atom is -0.406 e. The highest BCUT2D eigenvalue weighted by Gasteiger charge is 2.31. The highest BCUT2D eigenvalue weighted by Crippen LogP contribution is 2.26. The van der Waals surface area contributed by atoms with Crippen LogP contribution in [0.2, 0.25) is 10.0 Å². The average Bonchev–Trinajstić information content (AvgIpc) is 2.63. The number of nitrogens with one attached hydrogen (secondary N) is 3. The molecule has 3 rings (SSSR count). The Labute approximate surface area is 173 Å². The van der Waals surface area contributed by atoms with Crippen LogP contribution in [0, 0.1) is 5.41 Å². The number of amidine groups is 2. The Balaban J connectivity index is 1.77. The van der Waals surface area contributed by atoms with Gasteiger partial charge in [0, 0.05) is 16.9 Å². The van der Waals surface area contributed by atoms with Crippen LogP contribution in [-0.4, -0.2) is 24.4 Å². The fourth-order valence-electron chi connectivity index (χ4n) is 2.27. The number of anilines is 2. The van der Waals surface area contributed by atoms with Crippen LogP contribution >= 0.6 is 23.2 Å². The molecule has 6 nitrogen and oxygen atoms in total. The number of hydrogen-bond acceptors (Lipinski definition) is 5. The Morgan fingerprint density at radius 3 is 2.45 bits per heavy atom. The Hall–Kier alpha value is -3.04. The minimum atomic E-state index is -4.77. The number of aliphatic imine (C=N–C) groups is 2. The van der Waals surface area contributed by atoms with E-state index in [1.807, 2.05) is 0 Å². The van der Waals surface area contributed by atoms with Crippen molar-refractivity contribution in [1.29, 1.82) is 5.41 Å². The molecule has 29 heavy (non-hydrogen) atoms. The van der Waals surface area contributed by atoms with Crippen LogP contribution in [0.3, 0.4) is 0 Å². The highest BCUT2D eigenvalue weighted by atomic mass is 35.5. The van der Waals surface area contributed by atoms with Crippen molar-refractivity contribution < 1.29 is 17.9 Å². The zero-order valence-electron chi connectivity index (χ0n) is 14.4. The average molecular weight is 442 g/mol. The molecule has 0 aromatic heterocycles. The van der Waals surface area contributed by atoms with Gasteiger partial charge in [0.25, 0.3) is 0 Å². The second-order valence-electron chi connectivity index (χ2n) is 5.59. The van der Waals surface area contributed by atoms with Gasteiger partial charge in [-0.3, -0.25) is 5.41 Å². The third kappa shape index (κ3) is 5.72. The van der Waals surface area contributed by atoms with Crippen LogP contribution in [0.4, 0.5) is 24.5 Å². The van der Waals surface area contributed by atoms with Crippen molar-refractivity contribution >= 4 is 52.6 Å². The first-order valence-corrected chi connectivity index (χ1v) is 8.71. The van der Waals surface area contributed by atoms with Crippen molar-refractivity contribution in [3.63, 3.8) is 0 Å². The summed E-state index contributed by atoms with van der Waals surface area (Å²) in [6, 6.07) is 9.98. The van der Waals surface area contributed by atoms with E-state index >= 15 is 0 Å². The molecule has 0 aliphatic carbocycles. The molecule has 0 unspecified atom stereocenters. The van der Waals surface area contributed by atoms with Crippen LogP contribution in [0.5, 0.6) is 5.75 Å². The fourth-order valence-corrected chi connectivity index (χ4v) is 2.73. The van der Waals surface area contributed by atoms with Crippen molar-refractivity contribution in [3.8, 4) is 5.75 Å². The molecule has 0 saturated carbocycles. The second-order valence-corrected chi connectivity index (χ2v) is 6.44. The summed E-state index contributed by atoms with van der Waals surface area (Å²) in [4.78, 5) is 7.92. The summed E-state index contributed by atoms with van der Waals surface area (Å²) >= 11 is 12.0. The molecule has 1 heterocycles. The van der Waals surface area contributed by atoms with Crippen molar-refractivity contribution in [2.45, 2.75) is 6.36 Å². The van der Waals surface area contributed by atoms with Gasteiger partial charge >= 0.3 is 6.36 Å². The molecule has 0 spiro atoms. The first-order valence-electron chi connectivity index (χ1n) is 7.95. The SMILES string of the molecule is N=C1N=CN=C(Nc2ccc(OC(F)(F)F)cc2)/C1=C/Nc1ccc(Cl)cc1Cl. The summed E-state index contributed by atoms with van der Waals surface area (Å²) in [7, 11) is 0. The first kappa shape index (κ1) is 20.7.